The maximum absolute atomic E-state index is 13.6. The molecule has 0 N–H and O–H groups in total. The van der Waals surface area contributed by atoms with Crippen LogP contribution >= 0.6 is 0 Å². The number of carbonyl (C=O) groups excluding carboxylic acids is 3. The fraction of sp³-hybridized carbons (Fsp3) is 0.464. The lowest BCUT2D eigenvalue weighted by Crippen LogP contribution is -2.52. The lowest BCUT2D eigenvalue weighted by Gasteiger charge is -2.35. The number of carbonyl (C=O) groups is 3. The minimum atomic E-state index is -0.785. The summed E-state index contributed by atoms with van der Waals surface area (Å²) in [4.78, 5) is 42.9. The second-order valence-electron chi connectivity index (χ2n) is 9.58. The Labute approximate surface area is 201 Å². The first-order valence-corrected chi connectivity index (χ1v) is 12.4. The van der Waals surface area contributed by atoms with Gasteiger partial charge in [-0.1, -0.05) is 69.9 Å². The third-order valence-electron chi connectivity index (χ3n) is 6.89. The normalized spacial score (nSPS) is 19.4. The third-order valence-corrected chi connectivity index (χ3v) is 6.89. The van der Waals surface area contributed by atoms with Crippen LogP contribution in [0.2, 0.25) is 0 Å². The average molecular weight is 463 g/mol. The van der Waals surface area contributed by atoms with Crippen LogP contribution in [0.25, 0.3) is 0 Å². The van der Waals surface area contributed by atoms with Crippen LogP contribution in [0.3, 0.4) is 0 Å². The van der Waals surface area contributed by atoms with E-state index in [0.717, 1.165) is 44.1 Å². The standard InChI is InChI=1S/C28H34N2O4/c1-20(2)21-14-16-23(17-15-21)30-26(31)18-25(28(30)33)29(22-10-6-3-4-7-11-22)27(32)19-34-24-12-8-5-9-13-24/h5,8-9,12-17,20,22,25H,3-4,6-7,10-11,18-19H2,1-2H3. The molecule has 1 atom stereocenters. The minimum Gasteiger partial charge on any atom is -0.484 e. The highest BCUT2D eigenvalue weighted by Crippen LogP contribution is 2.31. The molecule has 0 aromatic heterocycles. The van der Waals surface area contributed by atoms with Gasteiger partial charge in [0.05, 0.1) is 12.1 Å². The van der Waals surface area contributed by atoms with Gasteiger partial charge in [0, 0.05) is 6.04 Å². The van der Waals surface area contributed by atoms with Gasteiger partial charge in [-0.15, -0.1) is 0 Å². The van der Waals surface area contributed by atoms with Gasteiger partial charge < -0.3 is 9.64 Å². The van der Waals surface area contributed by atoms with E-state index in [4.69, 9.17) is 4.74 Å². The van der Waals surface area contributed by atoms with Gasteiger partial charge in [-0.2, -0.15) is 0 Å². The molecule has 180 valence electrons. The highest BCUT2D eigenvalue weighted by molar-refractivity contribution is 6.23. The molecule has 1 saturated carbocycles. The maximum Gasteiger partial charge on any atom is 0.261 e. The van der Waals surface area contributed by atoms with Crippen LogP contribution in [0.5, 0.6) is 5.75 Å². The molecule has 0 bridgehead atoms. The Morgan fingerprint density at radius 1 is 0.971 bits per heavy atom. The Bertz CT molecular complexity index is 995. The van der Waals surface area contributed by atoms with E-state index in [-0.39, 0.29) is 36.8 Å². The summed E-state index contributed by atoms with van der Waals surface area (Å²) in [6.07, 6.45) is 6.00. The first-order chi connectivity index (χ1) is 16.5. The lowest BCUT2D eigenvalue weighted by atomic mass is 10.0. The number of rotatable bonds is 7. The molecule has 0 radical (unpaired) electrons. The molecule has 1 unspecified atom stereocenters. The van der Waals surface area contributed by atoms with Gasteiger partial charge in [0.25, 0.3) is 11.8 Å². The number of hydrogen-bond acceptors (Lipinski definition) is 4. The number of ether oxygens (including phenoxy) is 1. The highest BCUT2D eigenvalue weighted by atomic mass is 16.5. The number of anilines is 1. The largest absolute Gasteiger partial charge is 0.484 e. The van der Waals surface area contributed by atoms with Crippen LogP contribution in [0.4, 0.5) is 5.69 Å². The Morgan fingerprint density at radius 3 is 2.24 bits per heavy atom. The van der Waals surface area contributed by atoms with Crippen molar-refractivity contribution in [2.24, 2.45) is 0 Å². The second kappa shape index (κ2) is 10.9. The van der Waals surface area contributed by atoms with Crippen molar-refractivity contribution in [3.05, 3.63) is 60.2 Å². The van der Waals surface area contributed by atoms with Gasteiger partial charge in [-0.3, -0.25) is 14.4 Å². The zero-order valence-corrected chi connectivity index (χ0v) is 20.1. The molecule has 2 aromatic carbocycles. The summed E-state index contributed by atoms with van der Waals surface area (Å²) in [5, 5.41) is 0. The van der Waals surface area contributed by atoms with Gasteiger partial charge in [-0.05, 0) is 48.6 Å². The van der Waals surface area contributed by atoms with Crippen molar-refractivity contribution in [2.45, 2.75) is 76.8 Å². The zero-order chi connectivity index (χ0) is 24.1. The predicted octanol–water partition coefficient (Wildman–Crippen LogP) is 5.07. The molecule has 1 aliphatic carbocycles. The van der Waals surface area contributed by atoms with Crippen LogP contribution in [-0.4, -0.2) is 41.3 Å². The molecule has 3 amide bonds. The van der Waals surface area contributed by atoms with E-state index >= 15 is 0 Å². The second-order valence-corrected chi connectivity index (χ2v) is 9.58. The van der Waals surface area contributed by atoms with Crippen molar-refractivity contribution in [3.63, 3.8) is 0 Å². The predicted molar refractivity (Wildman–Crippen MR) is 132 cm³/mol. The zero-order valence-electron chi connectivity index (χ0n) is 20.1. The summed E-state index contributed by atoms with van der Waals surface area (Å²) in [5.41, 5.74) is 1.71. The molecular weight excluding hydrogens is 428 g/mol. The number of hydrogen-bond donors (Lipinski definition) is 0. The van der Waals surface area contributed by atoms with Crippen LogP contribution in [0, 0.1) is 0 Å². The summed E-state index contributed by atoms with van der Waals surface area (Å²) >= 11 is 0. The van der Waals surface area contributed by atoms with E-state index in [1.165, 1.54) is 4.90 Å². The summed E-state index contributed by atoms with van der Waals surface area (Å²) in [5.74, 6) is 0.151. The van der Waals surface area contributed by atoms with E-state index in [0.29, 0.717) is 17.4 Å². The summed E-state index contributed by atoms with van der Waals surface area (Å²) in [6.45, 7) is 4.05. The van der Waals surface area contributed by atoms with E-state index in [1.807, 2.05) is 42.5 Å². The molecule has 2 aliphatic rings. The van der Waals surface area contributed by atoms with Crippen molar-refractivity contribution < 1.29 is 19.1 Å². The first kappa shape index (κ1) is 24.0. The van der Waals surface area contributed by atoms with E-state index in [2.05, 4.69) is 13.8 Å². The van der Waals surface area contributed by atoms with Crippen LogP contribution in [0.1, 0.15) is 70.3 Å². The molecule has 34 heavy (non-hydrogen) atoms. The van der Waals surface area contributed by atoms with E-state index in [1.54, 1.807) is 17.0 Å². The first-order valence-electron chi connectivity index (χ1n) is 12.4. The molecule has 1 aliphatic heterocycles. The Kier molecular flexibility index (Phi) is 7.66. The van der Waals surface area contributed by atoms with Crippen LogP contribution in [0.15, 0.2) is 54.6 Å². The van der Waals surface area contributed by atoms with Gasteiger partial charge in [0.2, 0.25) is 5.91 Å². The number of amides is 3. The Morgan fingerprint density at radius 2 is 1.62 bits per heavy atom. The molecule has 6 heteroatoms. The van der Waals surface area contributed by atoms with Crippen molar-refractivity contribution in [1.82, 2.24) is 4.90 Å². The van der Waals surface area contributed by atoms with E-state index in [9.17, 15) is 14.4 Å². The summed E-state index contributed by atoms with van der Waals surface area (Å²) in [7, 11) is 0. The Hall–Kier alpha value is -3.15. The molecular formula is C28H34N2O4. The van der Waals surface area contributed by atoms with E-state index < -0.39 is 6.04 Å². The minimum absolute atomic E-state index is 0.0122. The molecule has 1 heterocycles. The van der Waals surface area contributed by atoms with Gasteiger partial charge in [0.1, 0.15) is 11.8 Å². The monoisotopic (exact) mass is 462 g/mol. The fourth-order valence-electron chi connectivity index (χ4n) is 5.02. The van der Waals surface area contributed by atoms with Crippen molar-refractivity contribution >= 4 is 23.4 Å². The number of imide groups is 1. The molecule has 1 saturated heterocycles. The van der Waals surface area contributed by atoms with Gasteiger partial charge in [0.15, 0.2) is 6.61 Å². The summed E-state index contributed by atoms with van der Waals surface area (Å²) in [6, 6.07) is 15.9. The number of benzene rings is 2. The molecule has 6 nitrogen and oxygen atoms in total. The lowest BCUT2D eigenvalue weighted by molar-refractivity contribution is -0.143. The molecule has 0 spiro atoms. The van der Waals surface area contributed by atoms with Crippen LogP contribution in [-0.2, 0) is 14.4 Å². The molecule has 2 aromatic rings. The molecule has 2 fully saturated rings. The summed E-state index contributed by atoms with van der Waals surface area (Å²) < 4.78 is 5.74. The third kappa shape index (κ3) is 5.32. The van der Waals surface area contributed by atoms with Crippen LogP contribution < -0.4 is 9.64 Å². The van der Waals surface area contributed by atoms with Crippen molar-refractivity contribution in [2.75, 3.05) is 11.5 Å². The van der Waals surface area contributed by atoms with Gasteiger partial charge >= 0.3 is 0 Å². The molecule has 4 rings (SSSR count). The fourth-order valence-corrected chi connectivity index (χ4v) is 5.02. The number of para-hydroxylation sites is 1. The smallest absolute Gasteiger partial charge is 0.261 e. The quantitative estimate of drug-likeness (QED) is 0.425. The topological polar surface area (TPSA) is 66.9 Å². The maximum atomic E-state index is 13.6. The number of nitrogens with zero attached hydrogens (tertiary/aromatic N) is 2. The average Bonchev–Trinajstić information content (AvgIpc) is 3.00. The highest BCUT2D eigenvalue weighted by Gasteiger charge is 2.46. The van der Waals surface area contributed by atoms with Crippen molar-refractivity contribution in [3.8, 4) is 5.75 Å². The van der Waals surface area contributed by atoms with Gasteiger partial charge in [-0.25, -0.2) is 4.90 Å². The van der Waals surface area contributed by atoms with Crippen molar-refractivity contribution in [1.29, 1.82) is 0 Å². The Balaban J connectivity index is 1.56. The SMILES string of the molecule is CC(C)c1ccc(N2C(=O)CC(N(C(=O)COc3ccccc3)C3CCCCCC3)C2=O)cc1.